The molecule has 2 nitrogen and oxygen atoms in total. The molecule has 0 saturated heterocycles. The predicted molar refractivity (Wildman–Crippen MR) is 77.6 cm³/mol. The Hall–Kier alpha value is -2.10. The number of ether oxygens (including phenoxy) is 2. The first-order valence-electron chi connectivity index (χ1n) is 7.02. The van der Waals surface area contributed by atoms with Crippen LogP contribution in [0.1, 0.15) is 19.3 Å². The van der Waals surface area contributed by atoms with Gasteiger partial charge in [-0.2, -0.15) is 0 Å². The van der Waals surface area contributed by atoms with E-state index in [1.807, 2.05) is 0 Å². The quantitative estimate of drug-likeness (QED) is 0.662. The maximum atomic E-state index is 13.3. The standard InChI is InChI=1S/C17H18F2O2/c18-14-8-2-4-10-16(14)20-12-6-1-7-13-21-17-11-5-3-9-15(17)19/h2-5,8-11H,1,6-7,12-13H2. The Kier molecular flexibility index (Phi) is 6.00. The maximum absolute atomic E-state index is 13.3. The first-order valence-corrected chi connectivity index (χ1v) is 7.02. The normalized spacial score (nSPS) is 10.4. The summed E-state index contributed by atoms with van der Waals surface area (Å²) in [6.45, 7) is 0.918. The van der Waals surface area contributed by atoms with Crippen LogP contribution in [0.3, 0.4) is 0 Å². The summed E-state index contributed by atoms with van der Waals surface area (Å²) in [5.74, 6) is -0.138. The van der Waals surface area contributed by atoms with Gasteiger partial charge in [0.1, 0.15) is 0 Å². The molecule has 0 fully saturated rings. The average Bonchev–Trinajstić information content (AvgIpc) is 2.50. The van der Waals surface area contributed by atoms with E-state index >= 15 is 0 Å². The molecule has 2 aromatic rings. The summed E-state index contributed by atoms with van der Waals surface area (Å²) >= 11 is 0. The number of rotatable bonds is 8. The molecule has 2 rings (SSSR count). The van der Waals surface area contributed by atoms with E-state index < -0.39 is 0 Å². The summed E-state index contributed by atoms with van der Waals surface area (Å²) in [6, 6.07) is 12.7. The number of unbranched alkanes of at least 4 members (excludes halogenated alkanes) is 2. The second-order valence-corrected chi connectivity index (χ2v) is 4.62. The molecule has 0 N–H and O–H groups in total. The highest BCUT2D eigenvalue weighted by Crippen LogP contribution is 2.17. The van der Waals surface area contributed by atoms with Crippen molar-refractivity contribution in [3.05, 3.63) is 60.2 Å². The molecule has 0 amide bonds. The zero-order chi connectivity index (χ0) is 14.9. The SMILES string of the molecule is Fc1ccccc1OCCCCCOc1ccccc1F. The van der Waals surface area contributed by atoms with Gasteiger partial charge in [-0.15, -0.1) is 0 Å². The van der Waals surface area contributed by atoms with Gasteiger partial charge in [0.15, 0.2) is 23.1 Å². The lowest BCUT2D eigenvalue weighted by Gasteiger charge is -2.08. The van der Waals surface area contributed by atoms with Crippen LogP contribution in [0, 0.1) is 11.6 Å². The summed E-state index contributed by atoms with van der Waals surface area (Å²) in [5, 5.41) is 0. The molecule has 0 bridgehead atoms. The topological polar surface area (TPSA) is 18.5 Å². The van der Waals surface area contributed by atoms with Crippen LogP contribution in [0.2, 0.25) is 0 Å². The van der Waals surface area contributed by atoms with Gasteiger partial charge in [0.05, 0.1) is 13.2 Å². The van der Waals surface area contributed by atoms with Gasteiger partial charge in [0.25, 0.3) is 0 Å². The Morgan fingerprint density at radius 2 is 1.05 bits per heavy atom. The van der Waals surface area contributed by atoms with Crippen molar-refractivity contribution in [1.82, 2.24) is 0 Å². The smallest absolute Gasteiger partial charge is 0.165 e. The molecular formula is C17H18F2O2. The summed E-state index contributed by atoms with van der Waals surface area (Å²) in [7, 11) is 0. The molecule has 0 aliphatic rings. The van der Waals surface area contributed by atoms with Crippen LogP contribution in [0.5, 0.6) is 11.5 Å². The number of halogens is 2. The highest BCUT2D eigenvalue weighted by molar-refractivity contribution is 5.24. The van der Waals surface area contributed by atoms with Gasteiger partial charge in [0, 0.05) is 0 Å². The van der Waals surface area contributed by atoms with Gasteiger partial charge in [-0.3, -0.25) is 0 Å². The molecule has 0 atom stereocenters. The first kappa shape index (κ1) is 15.3. The lowest BCUT2D eigenvalue weighted by atomic mass is 10.2. The molecule has 112 valence electrons. The number of hydrogen-bond acceptors (Lipinski definition) is 2. The van der Waals surface area contributed by atoms with E-state index in [2.05, 4.69) is 0 Å². The van der Waals surface area contributed by atoms with Crippen LogP contribution in [0.4, 0.5) is 8.78 Å². The third-order valence-corrected chi connectivity index (χ3v) is 2.98. The molecule has 4 heteroatoms. The third kappa shape index (κ3) is 5.06. The van der Waals surface area contributed by atoms with Gasteiger partial charge in [0.2, 0.25) is 0 Å². The second kappa shape index (κ2) is 8.25. The van der Waals surface area contributed by atoms with Crippen molar-refractivity contribution in [1.29, 1.82) is 0 Å². The van der Waals surface area contributed by atoms with Crippen molar-refractivity contribution in [2.24, 2.45) is 0 Å². The molecule has 0 radical (unpaired) electrons. The van der Waals surface area contributed by atoms with Gasteiger partial charge in [-0.25, -0.2) is 8.78 Å². The molecule has 0 aromatic heterocycles. The van der Waals surface area contributed by atoms with Crippen molar-refractivity contribution >= 4 is 0 Å². The highest BCUT2D eigenvalue weighted by atomic mass is 19.1. The number of para-hydroxylation sites is 2. The van der Waals surface area contributed by atoms with E-state index in [-0.39, 0.29) is 23.1 Å². The van der Waals surface area contributed by atoms with Crippen LogP contribution in [-0.2, 0) is 0 Å². The molecule has 0 heterocycles. The summed E-state index contributed by atoms with van der Waals surface area (Å²) in [6.07, 6.45) is 2.48. The van der Waals surface area contributed by atoms with Gasteiger partial charge in [-0.1, -0.05) is 24.3 Å². The highest BCUT2D eigenvalue weighted by Gasteiger charge is 2.02. The Labute approximate surface area is 123 Å². The van der Waals surface area contributed by atoms with E-state index in [9.17, 15) is 8.78 Å². The molecule has 0 unspecified atom stereocenters. The molecule has 0 saturated carbocycles. The minimum Gasteiger partial charge on any atom is -0.491 e. The Bertz CT molecular complexity index is 508. The monoisotopic (exact) mass is 292 g/mol. The fourth-order valence-electron chi connectivity index (χ4n) is 1.87. The van der Waals surface area contributed by atoms with Crippen molar-refractivity contribution in [2.45, 2.75) is 19.3 Å². The fraction of sp³-hybridized carbons (Fsp3) is 0.294. The van der Waals surface area contributed by atoms with Crippen LogP contribution in [-0.4, -0.2) is 13.2 Å². The van der Waals surface area contributed by atoms with Crippen molar-refractivity contribution in [3.63, 3.8) is 0 Å². The number of benzene rings is 2. The number of hydrogen-bond donors (Lipinski definition) is 0. The van der Waals surface area contributed by atoms with Crippen molar-refractivity contribution in [2.75, 3.05) is 13.2 Å². The van der Waals surface area contributed by atoms with E-state index in [1.165, 1.54) is 12.1 Å². The molecule has 2 aromatic carbocycles. The minimum absolute atomic E-state index is 0.278. The van der Waals surface area contributed by atoms with Crippen molar-refractivity contribution in [3.8, 4) is 11.5 Å². The molecule has 21 heavy (non-hydrogen) atoms. The average molecular weight is 292 g/mol. The minimum atomic E-state index is -0.347. The second-order valence-electron chi connectivity index (χ2n) is 4.62. The first-order chi connectivity index (χ1) is 10.3. The third-order valence-electron chi connectivity index (χ3n) is 2.98. The van der Waals surface area contributed by atoms with Gasteiger partial charge >= 0.3 is 0 Å². The maximum Gasteiger partial charge on any atom is 0.165 e. The van der Waals surface area contributed by atoms with Crippen LogP contribution >= 0.6 is 0 Å². The molecule has 0 spiro atoms. The fourth-order valence-corrected chi connectivity index (χ4v) is 1.87. The Morgan fingerprint density at radius 3 is 1.48 bits per heavy atom. The van der Waals surface area contributed by atoms with Crippen LogP contribution in [0.15, 0.2) is 48.5 Å². The van der Waals surface area contributed by atoms with Gasteiger partial charge in [-0.05, 0) is 43.5 Å². The summed E-state index contributed by atoms with van der Waals surface area (Å²) in [5.41, 5.74) is 0. The largest absolute Gasteiger partial charge is 0.491 e. The lowest BCUT2D eigenvalue weighted by Crippen LogP contribution is -2.02. The van der Waals surface area contributed by atoms with E-state index in [4.69, 9.17) is 9.47 Å². The molecule has 0 aliphatic carbocycles. The van der Waals surface area contributed by atoms with Crippen molar-refractivity contribution < 1.29 is 18.3 Å². The zero-order valence-electron chi connectivity index (χ0n) is 11.7. The summed E-state index contributed by atoms with van der Waals surface area (Å²) < 4.78 is 37.2. The Balaban J connectivity index is 1.57. The zero-order valence-corrected chi connectivity index (χ0v) is 11.7. The van der Waals surface area contributed by atoms with Gasteiger partial charge < -0.3 is 9.47 Å². The van der Waals surface area contributed by atoms with E-state index in [1.54, 1.807) is 36.4 Å². The predicted octanol–water partition coefficient (Wildman–Crippen LogP) is 4.59. The van der Waals surface area contributed by atoms with E-state index in [0.29, 0.717) is 13.2 Å². The summed E-state index contributed by atoms with van der Waals surface area (Å²) in [4.78, 5) is 0. The van der Waals surface area contributed by atoms with Crippen LogP contribution in [0.25, 0.3) is 0 Å². The van der Waals surface area contributed by atoms with Crippen LogP contribution < -0.4 is 9.47 Å². The lowest BCUT2D eigenvalue weighted by molar-refractivity contribution is 0.267. The molecule has 0 aliphatic heterocycles. The Morgan fingerprint density at radius 1 is 0.619 bits per heavy atom. The molecular weight excluding hydrogens is 274 g/mol. The van der Waals surface area contributed by atoms with E-state index in [0.717, 1.165) is 19.3 Å².